The second-order valence-corrected chi connectivity index (χ2v) is 4.20. The van der Waals surface area contributed by atoms with E-state index >= 15 is 0 Å². The molecule has 0 aliphatic carbocycles. The summed E-state index contributed by atoms with van der Waals surface area (Å²) < 4.78 is 2.04. The highest BCUT2D eigenvalue weighted by atomic mass is 79.9. The number of hydrogen-bond donors (Lipinski definition) is 0. The third-order valence-corrected chi connectivity index (χ3v) is 3.04. The van der Waals surface area contributed by atoms with Crippen LogP contribution in [0, 0.1) is 12.8 Å². The molecule has 0 aliphatic rings. The van der Waals surface area contributed by atoms with Gasteiger partial charge in [0, 0.05) is 18.1 Å². The van der Waals surface area contributed by atoms with Gasteiger partial charge in [-0.05, 0) is 24.8 Å². The number of hydrogen-bond acceptors (Lipinski definition) is 1. The Bertz CT molecular complexity index is 245. The van der Waals surface area contributed by atoms with Crippen LogP contribution in [0.1, 0.15) is 25.3 Å². The van der Waals surface area contributed by atoms with Crippen molar-refractivity contribution in [3.8, 4) is 0 Å². The Morgan fingerprint density at radius 2 is 2.38 bits per heavy atom. The van der Waals surface area contributed by atoms with Crippen molar-refractivity contribution in [2.45, 2.75) is 33.2 Å². The number of alkyl halides is 1. The van der Waals surface area contributed by atoms with Crippen LogP contribution in [0.2, 0.25) is 0 Å². The average molecular weight is 245 g/mol. The van der Waals surface area contributed by atoms with Crippen LogP contribution in [0.3, 0.4) is 0 Å². The first kappa shape index (κ1) is 10.8. The molecular formula is C10H17BrN2. The first-order valence-electron chi connectivity index (χ1n) is 4.81. The molecule has 0 bridgehead atoms. The number of halogens is 1. The van der Waals surface area contributed by atoms with Crippen molar-refractivity contribution in [1.82, 2.24) is 9.78 Å². The van der Waals surface area contributed by atoms with Crippen molar-refractivity contribution >= 4 is 15.9 Å². The SMILES string of the molecule is CCCC(CBr)Cn1cc(C)cn1. The molecule has 0 radical (unpaired) electrons. The third-order valence-electron chi connectivity index (χ3n) is 2.12. The van der Waals surface area contributed by atoms with Gasteiger partial charge >= 0.3 is 0 Å². The highest BCUT2D eigenvalue weighted by Crippen LogP contribution is 2.12. The van der Waals surface area contributed by atoms with Crippen molar-refractivity contribution in [3.63, 3.8) is 0 Å². The molecule has 0 saturated carbocycles. The smallest absolute Gasteiger partial charge is 0.0518 e. The van der Waals surface area contributed by atoms with Crippen LogP contribution < -0.4 is 0 Å². The summed E-state index contributed by atoms with van der Waals surface area (Å²) in [6.07, 6.45) is 6.53. The van der Waals surface area contributed by atoms with E-state index in [0.29, 0.717) is 5.92 Å². The molecule has 1 rings (SSSR count). The Morgan fingerprint density at radius 1 is 1.62 bits per heavy atom. The van der Waals surface area contributed by atoms with Gasteiger partial charge < -0.3 is 0 Å². The highest BCUT2D eigenvalue weighted by molar-refractivity contribution is 9.09. The minimum absolute atomic E-state index is 0.712. The minimum atomic E-state index is 0.712. The van der Waals surface area contributed by atoms with E-state index in [1.54, 1.807) is 0 Å². The maximum Gasteiger partial charge on any atom is 0.0518 e. The predicted octanol–water partition coefficient (Wildman–Crippen LogP) is 3.00. The molecule has 0 aromatic carbocycles. The first-order valence-corrected chi connectivity index (χ1v) is 5.93. The van der Waals surface area contributed by atoms with Crippen molar-refractivity contribution in [1.29, 1.82) is 0 Å². The van der Waals surface area contributed by atoms with Crippen LogP contribution in [0.4, 0.5) is 0 Å². The fourth-order valence-corrected chi connectivity index (χ4v) is 1.99. The van der Waals surface area contributed by atoms with E-state index in [1.807, 2.05) is 10.9 Å². The molecule has 1 heterocycles. The van der Waals surface area contributed by atoms with E-state index in [4.69, 9.17) is 0 Å². The van der Waals surface area contributed by atoms with Gasteiger partial charge in [0.15, 0.2) is 0 Å². The summed E-state index contributed by atoms with van der Waals surface area (Å²) in [5, 5.41) is 5.35. The quantitative estimate of drug-likeness (QED) is 0.729. The zero-order valence-electron chi connectivity index (χ0n) is 8.33. The first-order chi connectivity index (χ1) is 6.26. The molecule has 0 amide bonds. The second kappa shape index (κ2) is 5.43. The van der Waals surface area contributed by atoms with Crippen molar-refractivity contribution < 1.29 is 0 Å². The summed E-state index contributed by atoms with van der Waals surface area (Å²) in [6.45, 7) is 5.34. The molecule has 0 N–H and O–H groups in total. The standard InChI is InChI=1S/C10H17BrN2/c1-3-4-10(5-11)8-13-7-9(2)6-12-13/h6-7,10H,3-5,8H2,1-2H3. The van der Waals surface area contributed by atoms with Crippen molar-refractivity contribution in [2.24, 2.45) is 5.92 Å². The number of aryl methyl sites for hydroxylation is 1. The monoisotopic (exact) mass is 244 g/mol. The predicted molar refractivity (Wildman–Crippen MR) is 59.2 cm³/mol. The molecule has 74 valence electrons. The lowest BCUT2D eigenvalue weighted by atomic mass is 10.1. The van der Waals surface area contributed by atoms with E-state index in [-0.39, 0.29) is 0 Å². The van der Waals surface area contributed by atoms with Gasteiger partial charge in [0.25, 0.3) is 0 Å². The molecular weight excluding hydrogens is 228 g/mol. The molecule has 2 nitrogen and oxygen atoms in total. The van der Waals surface area contributed by atoms with Crippen LogP contribution in [-0.4, -0.2) is 15.1 Å². The zero-order chi connectivity index (χ0) is 9.68. The number of rotatable bonds is 5. The third kappa shape index (κ3) is 3.51. The molecule has 1 aromatic rings. The van der Waals surface area contributed by atoms with Crippen molar-refractivity contribution in [2.75, 3.05) is 5.33 Å². The number of aromatic nitrogens is 2. The highest BCUT2D eigenvalue weighted by Gasteiger charge is 2.06. The topological polar surface area (TPSA) is 17.8 Å². The summed E-state index contributed by atoms with van der Waals surface area (Å²) in [5.41, 5.74) is 1.24. The lowest BCUT2D eigenvalue weighted by molar-refractivity contribution is 0.428. The Kier molecular flexibility index (Phi) is 4.50. The maximum atomic E-state index is 4.28. The zero-order valence-corrected chi connectivity index (χ0v) is 9.92. The fraction of sp³-hybridized carbons (Fsp3) is 0.700. The van der Waals surface area contributed by atoms with Crippen LogP contribution in [0.5, 0.6) is 0 Å². The fourth-order valence-electron chi connectivity index (χ4n) is 1.46. The van der Waals surface area contributed by atoms with E-state index in [1.165, 1.54) is 18.4 Å². The van der Waals surface area contributed by atoms with Crippen molar-refractivity contribution in [3.05, 3.63) is 18.0 Å². The maximum absolute atomic E-state index is 4.28. The van der Waals surface area contributed by atoms with E-state index < -0.39 is 0 Å². The lowest BCUT2D eigenvalue weighted by Crippen LogP contribution is -2.12. The van der Waals surface area contributed by atoms with Gasteiger partial charge in [0.2, 0.25) is 0 Å². The van der Waals surface area contributed by atoms with E-state index in [0.717, 1.165) is 11.9 Å². The molecule has 0 spiro atoms. The minimum Gasteiger partial charge on any atom is -0.272 e. The van der Waals surface area contributed by atoms with Crippen LogP contribution in [0.15, 0.2) is 12.4 Å². The summed E-state index contributed by atoms with van der Waals surface area (Å²) in [7, 11) is 0. The van der Waals surface area contributed by atoms with Gasteiger partial charge in [-0.2, -0.15) is 5.10 Å². The Balaban J connectivity index is 2.46. The molecule has 0 aliphatic heterocycles. The molecule has 1 aromatic heterocycles. The Morgan fingerprint density at radius 3 is 2.85 bits per heavy atom. The molecule has 1 unspecified atom stereocenters. The van der Waals surface area contributed by atoms with E-state index in [9.17, 15) is 0 Å². The van der Waals surface area contributed by atoms with Crippen LogP contribution in [0.25, 0.3) is 0 Å². The Hall–Kier alpha value is -0.310. The summed E-state index contributed by atoms with van der Waals surface area (Å²) >= 11 is 3.54. The summed E-state index contributed by atoms with van der Waals surface area (Å²) in [5.74, 6) is 0.712. The molecule has 0 saturated heterocycles. The van der Waals surface area contributed by atoms with Gasteiger partial charge in [-0.25, -0.2) is 0 Å². The molecule has 3 heteroatoms. The molecule has 0 fully saturated rings. The lowest BCUT2D eigenvalue weighted by Gasteiger charge is -2.12. The van der Waals surface area contributed by atoms with Gasteiger partial charge in [-0.15, -0.1) is 0 Å². The molecule has 1 atom stereocenters. The van der Waals surface area contributed by atoms with Crippen LogP contribution in [-0.2, 0) is 6.54 Å². The Labute approximate surface area is 88.5 Å². The van der Waals surface area contributed by atoms with Gasteiger partial charge in [0.05, 0.1) is 6.20 Å². The average Bonchev–Trinajstić information content (AvgIpc) is 2.50. The second-order valence-electron chi connectivity index (χ2n) is 3.55. The van der Waals surface area contributed by atoms with Gasteiger partial charge in [-0.1, -0.05) is 29.3 Å². The summed E-state index contributed by atoms with van der Waals surface area (Å²) in [6, 6.07) is 0. The largest absolute Gasteiger partial charge is 0.272 e. The normalized spacial score (nSPS) is 13.2. The summed E-state index contributed by atoms with van der Waals surface area (Å²) in [4.78, 5) is 0. The van der Waals surface area contributed by atoms with Gasteiger partial charge in [-0.3, -0.25) is 4.68 Å². The molecule has 13 heavy (non-hydrogen) atoms. The van der Waals surface area contributed by atoms with Gasteiger partial charge in [0.1, 0.15) is 0 Å². The number of nitrogens with zero attached hydrogens (tertiary/aromatic N) is 2. The van der Waals surface area contributed by atoms with Crippen LogP contribution >= 0.6 is 15.9 Å². The van der Waals surface area contributed by atoms with E-state index in [2.05, 4.69) is 41.1 Å².